The summed E-state index contributed by atoms with van der Waals surface area (Å²) in [5.74, 6) is 2.49. The van der Waals surface area contributed by atoms with Gasteiger partial charge in [0.1, 0.15) is 36.1 Å². The summed E-state index contributed by atoms with van der Waals surface area (Å²) >= 11 is 0. The summed E-state index contributed by atoms with van der Waals surface area (Å²) in [7, 11) is 1.65. The molecule has 5 nitrogen and oxygen atoms in total. The second-order valence-corrected chi connectivity index (χ2v) is 5.05. The molecule has 1 heterocycles. The van der Waals surface area contributed by atoms with Crippen LogP contribution in [-0.2, 0) is 0 Å². The average molecular weight is 300 g/mol. The van der Waals surface area contributed by atoms with Crippen molar-refractivity contribution in [2.75, 3.05) is 44.0 Å². The Labute approximate surface area is 130 Å². The molecule has 0 saturated heterocycles. The average Bonchev–Trinajstić information content (AvgIpc) is 2.56. The lowest BCUT2D eigenvalue weighted by molar-refractivity contribution is 0.288. The maximum atomic E-state index is 6.07. The van der Waals surface area contributed by atoms with Crippen LogP contribution in [0, 0.1) is 0 Å². The maximum absolute atomic E-state index is 6.07. The van der Waals surface area contributed by atoms with Gasteiger partial charge in [0.25, 0.3) is 0 Å². The first-order chi connectivity index (χ1) is 10.8. The Balaban J connectivity index is 1.60. The van der Waals surface area contributed by atoms with Crippen LogP contribution >= 0.6 is 0 Å². The fourth-order valence-electron chi connectivity index (χ4n) is 2.54. The fraction of sp³-hybridized carbons (Fsp3) is 0.294. The molecule has 0 aromatic heterocycles. The first-order valence-corrected chi connectivity index (χ1v) is 7.31. The van der Waals surface area contributed by atoms with E-state index in [1.54, 1.807) is 7.11 Å². The van der Waals surface area contributed by atoms with Gasteiger partial charge in [0.15, 0.2) is 0 Å². The number of nitrogens with zero attached hydrogens (tertiary/aromatic N) is 1. The molecule has 5 heteroatoms. The molecule has 0 unspecified atom stereocenters. The number of fused-ring (bicyclic) bond motifs is 1. The number of ether oxygens (including phenoxy) is 3. The second kappa shape index (κ2) is 6.47. The number of benzene rings is 2. The third-order valence-electron chi connectivity index (χ3n) is 3.65. The van der Waals surface area contributed by atoms with Gasteiger partial charge in [-0.2, -0.15) is 0 Å². The van der Waals surface area contributed by atoms with Crippen LogP contribution in [0.25, 0.3) is 0 Å². The normalized spacial score (nSPS) is 13.2. The van der Waals surface area contributed by atoms with E-state index < -0.39 is 0 Å². The predicted octanol–water partition coefficient (Wildman–Crippen LogP) is 2.56. The van der Waals surface area contributed by atoms with Gasteiger partial charge in [-0.1, -0.05) is 6.07 Å². The summed E-state index contributed by atoms with van der Waals surface area (Å²) in [6.45, 7) is 2.82. The molecule has 116 valence electrons. The zero-order valence-corrected chi connectivity index (χ0v) is 12.6. The fourth-order valence-corrected chi connectivity index (χ4v) is 2.54. The van der Waals surface area contributed by atoms with E-state index in [4.69, 9.17) is 19.9 Å². The van der Waals surface area contributed by atoms with Crippen molar-refractivity contribution in [1.82, 2.24) is 0 Å². The van der Waals surface area contributed by atoms with Crippen molar-refractivity contribution in [2.24, 2.45) is 0 Å². The van der Waals surface area contributed by atoms with Gasteiger partial charge in [-0.15, -0.1) is 0 Å². The highest BCUT2D eigenvalue weighted by molar-refractivity contribution is 5.75. The van der Waals surface area contributed by atoms with Gasteiger partial charge >= 0.3 is 0 Å². The Morgan fingerprint density at radius 2 is 1.91 bits per heavy atom. The second-order valence-electron chi connectivity index (χ2n) is 5.05. The van der Waals surface area contributed by atoms with Crippen LogP contribution in [0.3, 0.4) is 0 Å². The molecule has 0 radical (unpaired) electrons. The van der Waals surface area contributed by atoms with Crippen LogP contribution in [0.2, 0.25) is 0 Å². The number of nitrogens with two attached hydrogens (primary N) is 1. The summed E-state index contributed by atoms with van der Waals surface area (Å²) in [5.41, 5.74) is 7.77. The van der Waals surface area contributed by atoms with Crippen molar-refractivity contribution in [3.63, 3.8) is 0 Å². The quantitative estimate of drug-likeness (QED) is 0.860. The van der Waals surface area contributed by atoms with Crippen LogP contribution in [0.5, 0.6) is 17.2 Å². The molecular weight excluding hydrogens is 280 g/mol. The zero-order chi connectivity index (χ0) is 15.4. The smallest absolute Gasteiger partial charge is 0.144 e. The van der Waals surface area contributed by atoms with E-state index in [0.717, 1.165) is 41.7 Å². The van der Waals surface area contributed by atoms with Gasteiger partial charge in [-0.05, 0) is 36.4 Å². The van der Waals surface area contributed by atoms with E-state index in [-0.39, 0.29) is 0 Å². The van der Waals surface area contributed by atoms with Crippen LogP contribution in [-0.4, -0.2) is 33.4 Å². The Morgan fingerprint density at radius 1 is 1.14 bits per heavy atom. The van der Waals surface area contributed by atoms with Crippen LogP contribution in [0.4, 0.5) is 11.4 Å². The summed E-state index contributed by atoms with van der Waals surface area (Å²) in [5, 5.41) is 0. The third-order valence-corrected chi connectivity index (χ3v) is 3.65. The van der Waals surface area contributed by atoms with Crippen molar-refractivity contribution in [3.8, 4) is 17.2 Å². The lowest BCUT2D eigenvalue weighted by Crippen LogP contribution is -2.36. The highest BCUT2D eigenvalue weighted by Crippen LogP contribution is 2.36. The molecule has 0 saturated carbocycles. The number of nitrogen functional groups attached to an aromatic ring is 1. The summed E-state index contributed by atoms with van der Waals surface area (Å²) < 4.78 is 16.6. The predicted molar refractivity (Wildman–Crippen MR) is 87.1 cm³/mol. The molecule has 22 heavy (non-hydrogen) atoms. The van der Waals surface area contributed by atoms with E-state index >= 15 is 0 Å². The molecular formula is C17H20N2O3. The van der Waals surface area contributed by atoms with E-state index in [9.17, 15) is 0 Å². The standard InChI is InChI=1S/C17H20N2O3/c1-20-13-5-7-14(8-6-13)21-11-9-19-10-12-22-16-4-2-3-15(18)17(16)19/h2-8H,9-12,18H2,1H3. The topological polar surface area (TPSA) is 57.0 Å². The lowest BCUT2D eigenvalue weighted by atomic mass is 10.2. The number of rotatable bonds is 5. The zero-order valence-electron chi connectivity index (χ0n) is 12.6. The van der Waals surface area contributed by atoms with E-state index in [2.05, 4.69) is 4.90 Å². The molecule has 3 rings (SSSR count). The summed E-state index contributed by atoms with van der Waals surface area (Å²) in [6.07, 6.45) is 0. The molecule has 0 spiro atoms. The first-order valence-electron chi connectivity index (χ1n) is 7.31. The minimum atomic E-state index is 0.583. The summed E-state index contributed by atoms with van der Waals surface area (Å²) in [6, 6.07) is 13.3. The highest BCUT2D eigenvalue weighted by Gasteiger charge is 2.20. The van der Waals surface area contributed by atoms with Gasteiger partial charge in [-0.25, -0.2) is 0 Å². The third kappa shape index (κ3) is 3.03. The molecule has 0 aliphatic carbocycles. The van der Waals surface area contributed by atoms with Crippen molar-refractivity contribution < 1.29 is 14.2 Å². The van der Waals surface area contributed by atoms with Crippen LogP contribution in [0.1, 0.15) is 0 Å². The molecule has 0 fully saturated rings. The Bertz CT molecular complexity index is 628. The largest absolute Gasteiger partial charge is 0.497 e. The van der Waals surface area contributed by atoms with Crippen molar-refractivity contribution >= 4 is 11.4 Å². The summed E-state index contributed by atoms with van der Waals surface area (Å²) in [4.78, 5) is 2.21. The van der Waals surface area contributed by atoms with Gasteiger partial charge in [0.05, 0.1) is 25.9 Å². The van der Waals surface area contributed by atoms with Gasteiger partial charge in [0, 0.05) is 0 Å². The van der Waals surface area contributed by atoms with Gasteiger partial charge in [0.2, 0.25) is 0 Å². The van der Waals surface area contributed by atoms with E-state index in [0.29, 0.717) is 13.2 Å². The molecule has 2 aromatic rings. The highest BCUT2D eigenvalue weighted by atomic mass is 16.5. The van der Waals surface area contributed by atoms with Crippen molar-refractivity contribution in [3.05, 3.63) is 42.5 Å². The molecule has 2 aromatic carbocycles. The molecule has 0 bridgehead atoms. The number of anilines is 2. The minimum absolute atomic E-state index is 0.583. The number of hydrogen-bond acceptors (Lipinski definition) is 5. The van der Waals surface area contributed by atoms with Gasteiger partial charge in [-0.3, -0.25) is 0 Å². The molecule has 1 aliphatic heterocycles. The maximum Gasteiger partial charge on any atom is 0.144 e. The lowest BCUT2D eigenvalue weighted by Gasteiger charge is -2.32. The Hall–Kier alpha value is -2.56. The molecule has 0 atom stereocenters. The van der Waals surface area contributed by atoms with Gasteiger partial charge < -0.3 is 24.8 Å². The van der Waals surface area contributed by atoms with Crippen molar-refractivity contribution in [1.29, 1.82) is 0 Å². The first kappa shape index (κ1) is 14.4. The molecule has 2 N–H and O–H groups in total. The van der Waals surface area contributed by atoms with Crippen LogP contribution in [0.15, 0.2) is 42.5 Å². The number of para-hydroxylation sites is 1. The Morgan fingerprint density at radius 3 is 2.68 bits per heavy atom. The Kier molecular flexibility index (Phi) is 4.23. The van der Waals surface area contributed by atoms with E-state index in [1.807, 2.05) is 42.5 Å². The SMILES string of the molecule is COc1ccc(OCCN2CCOc3cccc(N)c32)cc1. The number of hydrogen-bond donors (Lipinski definition) is 1. The monoisotopic (exact) mass is 300 g/mol. The molecule has 1 aliphatic rings. The molecule has 0 amide bonds. The minimum Gasteiger partial charge on any atom is -0.497 e. The van der Waals surface area contributed by atoms with E-state index in [1.165, 1.54) is 0 Å². The van der Waals surface area contributed by atoms with Crippen LogP contribution < -0.4 is 24.8 Å². The number of methoxy groups -OCH3 is 1. The van der Waals surface area contributed by atoms with Crippen molar-refractivity contribution in [2.45, 2.75) is 0 Å².